The molecule has 0 aliphatic carbocycles. The summed E-state index contributed by atoms with van der Waals surface area (Å²) in [5.41, 5.74) is 5.70. The van der Waals surface area contributed by atoms with Crippen LogP contribution in [-0.4, -0.2) is 16.9 Å². The van der Waals surface area contributed by atoms with E-state index in [9.17, 15) is 4.79 Å². The van der Waals surface area contributed by atoms with Crippen molar-refractivity contribution in [1.29, 1.82) is 0 Å². The number of aromatic nitrogens is 2. The Morgan fingerprint density at radius 3 is 2.88 bits per heavy atom. The highest BCUT2D eigenvalue weighted by molar-refractivity contribution is 6.30. The number of methoxy groups -OCH3 is 1. The van der Waals surface area contributed by atoms with Gasteiger partial charge in [-0.15, -0.1) is 0 Å². The van der Waals surface area contributed by atoms with Gasteiger partial charge in [0.05, 0.1) is 13.3 Å². The lowest BCUT2D eigenvalue weighted by Crippen LogP contribution is -2.23. The summed E-state index contributed by atoms with van der Waals surface area (Å²) in [6.07, 6.45) is 1.44. The van der Waals surface area contributed by atoms with E-state index in [1.807, 2.05) is 0 Å². The monoisotopic (exact) mass is 251 g/mol. The topological polar surface area (TPSA) is 70.1 Å². The molecule has 0 atom stereocenters. The summed E-state index contributed by atoms with van der Waals surface area (Å²) in [5.74, 6) is 0.495. The van der Waals surface area contributed by atoms with Crippen LogP contribution in [0.3, 0.4) is 0 Å². The van der Waals surface area contributed by atoms with Crippen LogP contribution in [0.1, 0.15) is 0 Å². The van der Waals surface area contributed by atoms with Crippen molar-refractivity contribution >= 4 is 17.3 Å². The van der Waals surface area contributed by atoms with Gasteiger partial charge in [0.25, 0.3) is 5.56 Å². The number of anilines is 1. The molecule has 2 aromatic rings. The number of nitrogens with zero attached hydrogens (tertiary/aromatic N) is 2. The van der Waals surface area contributed by atoms with Gasteiger partial charge in [0.15, 0.2) is 0 Å². The summed E-state index contributed by atoms with van der Waals surface area (Å²) in [6.45, 7) is 0. The van der Waals surface area contributed by atoms with Gasteiger partial charge in [-0.3, -0.25) is 4.79 Å². The van der Waals surface area contributed by atoms with E-state index in [0.29, 0.717) is 16.5 Å². The van der Waals surface area contributed by atoms with E-state index in [2.05, 4.69) is 5.10 Å². The average molecular weight is 252 g/mol. The van der Waals surface area contributed by atoms with E-state index in [-0.39, 0.29) is 5.69 Å². The lowest BCUT2D eigenvalue weighted by Gasteiger charge is -2.10. The fraction of sp³-hybridized carbons (Fsp3) is 0.0909. The molecule has 0 bridgehead atoms. The van der Waals surface area contributed by atoms with Gasteiger partial charge in [0, 0.05) is 5.02 Å². The normalized spacial score (nSPS) is 10.2. The molecule has 17 heavy (non-hydrogen) atoms. The number of nitrogen functional groups attached to an aromatic ring is 1. The second-order valence-electron chi connectivity index (χ2n) is 3.32. The molecular weight excluding hydrogens is 242 g/mol. The van der Waals surface area contributed by atoms with Crippen LogP contribution in [0.4, 0.5) is 5.69 Å². The molecule has 2 rings (SSSR count). The quantitative estimate of drug-likeness (QED) is 0.878. The van der Waals surface area contributed by atoms with Gasteiger partial charge in [0.2, 0.25) is 0 Å². The van der Waals surface area contributed by atoms with Gasteiger partial charge in [-0.05, 0) is 24.3 Å². The zero-order chi connectivity index (χ0) is 12.4. The van der Waals surface area contributed by atoms with Crippen molar-refractivity contribution in [2.45, 2.75) is 0 Å². The zero-order valence-electron chi connectivity index (χ0n) is 9.05. The first-order chi connectivity index (χ1) is 8.13. The first-order valence-electron chi connectivity index (χ1n) is 4.81. The average Bonchev–Trinajstić information content (AvgIpc) is 2.33. The Hall–Kier alpha value is -2.01. The Labute approximate surface area is 102 Å². The third kappa shape index (κ3) is 2.09. The van der Waals surface area contributed by atoms with Crippen LogP contribution in [0.5, 0.6) is 5.75 Å². The smallest absolute Gasteiger partial charge is 0.294 e. The van der Waals surface area contributed by atoms with Crippen molar-refractivity contribution < 1.29 is 4.74 Å². The van der Waals surface area contributed by atoms with E-state index in [4.69, 9.17) is 22.1 Å². The van der Waals surface area contributed by atoms with Crippen LogP contribution >= 0.6 is 11.6 Å². The van der Waals surface area contributed by atoms with Crippen LogP contribution in [0.2, 0.25) is 5.02 Å². The van der Waals surface area contributed by atoms with Gasteiger partial charge in [-0.25, -0.2) is 0 Å². The van der Waals surface area contributed by atoms with Crippen LogP contribution in [0.25, 0.3) is 5.69 Å². The zero-order valence-corrected chi connectivity index (χ0v) is 9.81. The van der Waals surface area contributed by atoms with Crippen molar-refractivity contribution in [3.8, 4) is 11.4 Å². The van der Waals surface area contributed by atoms with Crippen molar-refractivity contribution in [1.82, 2.24) is 9.78 Å². The second-order valence-corrected chi connectivity index (χ2v) is 3.76. The minimum absolute atomic E-state index is 0.113. The number of ether oxygens (including phenoxy) is 1. The lowest BCUT2D eigenvalue weighted by molar-refractivity contribution is 0.411. The van der Waals surface area contributed by atoms with Gasteiger partial charge in [-0.1, -0.05) is 11.6 Å². The predicted octanol–water partition coefficient (Wildman–Crippen LogP) is 1.48. The van der Waals surface area contributed by atoms with E-state index in [0.717, 1.165) is 4.68 Å². The van der Waals surface area contributed by atoms with Crippen molar-refractivity contribution in [3.05, 3.63) is 45.8 Å². The molecule has 0 spiro atoms. The third-order valence-corrected chi connectivity index (χ3v) is 2.48. The number of rotatable bonds is 2. The SMILES string of the molecule is COc1ccc(Cl)cc1-n1nccc(N)c1=O. The molecule has 1 heterocycles. The third-order valence-electron chi connectivity index (χ3n) is 2.24. The van der Waals surface area contributed by atoms with Gasteiger partial charge in [-0.2, -0.15) is 9.78 Å². The first-order valence-corrected chi connectivity index (χ1v) is 5.19. The maximum atomic E-state index is 11.8. The summed E-state index contributed by atoms with van der Waals surface area (Å²) in [7, 11) is 1.50. The Balaban J connectivity index is 2.71. The number of hydrogen-bond donors (Lipinski definition) is 1. The molecule has 1 aromatic carbocycles. The molecule has 0 fully saturated rings. The van der Waals surface area contributed by atoms with Crippen LogP contribution in [0, 0.1) is 0 Å². The van der Waals surface area contributed by atoms with Crippen LogP contribution in [0.15, 0.2) is 35.3 Å². The van der Waals surface area contributed by atoms with Gasteiger partial charge in [0.1, 0.15) is 17.1 Å². The number of benzene rings is 1. The number of hydrogen-bond acceptors (Lipinski definition) is 4. The molecule has 0 saturated carbocycles. The van der Waals surface area contributed by atoms with Crippen molar-refractivity contribution in [2.75, 3.05) is 12.8 Å². The summed E-state index contributed by atoms with van der Waals surface area (Å²) in [6, 6.07) is 6.36. The highest BCUT2D eigenvalue weighted by Crippen LogP contribution is 2.24. The van der Waals surface area contributed by atoms with E-state index < -0.39 is 5.56 Å². The molecule has 0 aliphatic heterocycles. The summed E-state index contributed by atoms with van der Waals surface area (Å²) < 4.78 is 6.30. The molecule has 0 radical (unpaired) electrons. The Morgan fingerprint density at radius 2 is 2.18 bits per heavy atom. The molecule has 0 aliphatic rings. The molecule has 0 saturated heterocycles. The van der Waals surface area contributed by atoms with Crippen LogP contribution in [-0.2, 0) is 0 Å². The maximum Gasteiger partial charge on any atom is 0.294 e. The summed E-state index contributed by atoms with van der Waals surface area (Å²) in [5, 5.41) is 4.43. The van der Waals surface area contributed by atoms with Gasteiger partial charge >= 0.3 is 0 Å². The molecule has 88 valence electrons. The molecule has 5 nitrogen and oxygen atoms in total. The molecule has 1 aromatic heterocycles. The Morgan fingerprint density at radius 1 is 1.41 bits per heavy atom. The highest BCUT2D eigenvalue weighted by Gasteiger charge is 2.10. The summed E-state index contributed by atoms with van der Waals surface area (Å²) >= 11 is 5.89. The minimum Gasteiger partial charge on any atom is -0.494 e. The molecule has 0 amide bonds. The minimum atomic E-state index is -0.409. The maximum absolute atomic E-state index is 11.8. The predicted molar refractivity (Wildman–Crippen MR) is 65.8 cm³/mol. The van der Waals surface area contributed by atoms with Crippen molar-refractivity contribution in [3.63, 3.8) is 0 Å². The van der Waals surface area contributed by atoms with E-state index in [1.165, 1.54) is 19.4 Å². The molecule has 0 unspecified atom stereocenters. The Kier molecular flexibility index (Phi) is 3.01. The fourth-order valence-electron chi connectivity index (χ4n) is 1.43. The lowest BCUT2D eigenvalue weighted by atomic mass is 10.3. The highest BCUT2D eigenvalue weighted by atomic mass is 35.5. The van der Waals surface area contributed by atoms with Crippen molar-refractivity contribution in [2.24, 2.45) is 0 Å². The van der Waals surface area contributed by atoms with Crippen LogP contribution < -0.4 is 16.0 Å². The number of nitrogens with two attached hydrogens (primary N) is 1. The molecule has 2 N–H and O–H groups in total. The number of halogens is 1. The molecular formula is C11H10ClN3O2. The first kappa shape index (κ1) is 11.5. The Bertz CT molecular complexity index is 610. The van der Waals surface area contributed by atoms with E-state index in [1.54, 1.807) is 18.2 Å². The fourth-order valence-corrected chi connectivity index (χ4v) is 1.59. The van der Waals surface area contributed by atoms with Gasteiger partial charge < -0.3 is 10.5 Å². The standard InChI is InChI=1S/C11H10ClN3O2/c1-17-10-3-2-7(12)6-9(10)15-11(16)8(13)4-5-14-15/h2-6H,13H2,1H3. The largest absolute Gasteiger partial charge is 0.494 e. The second kappa shape index (κ2) is 4.47. The molecule has 6 heteroatoms. The summed E-state index contributed by atoms with van der Waals surface area (Å²) in [4.78, 5) is 11.8. The van der Waals surface area contributed by atoms with E-state index >= 15 is 0 Å².